The maximum absolute atomic E-state index is 5.72. The average molecular weight is 245 g/mol. The zero-order chi connectivity index (χ0) is 12.5. The van der Waals surface area contributed by atoms with E-state index in [1.54, 1.807) is 13.3 Å². The molecule has 0 bridgehead atoms. The van der Waals surface area contributed by atoms with E-state index in [1.807, 2.05) is 12.1 Å². The van der Waals surface area contributed by atoms with Gasteiger partial charge >= 0.3 is 0 Å². The van der Waals surface area contributed by atoms with Gasteiger partial charge in [0.2, 0.25) is 5.88 Å². The van der Waals surface area contributed by atoms with Gasteiger partial charge in [0.25, 0.3) is 0 Å². The molecular formula is C13H15N3O2. The maximum Gasteiger partial charge on any atom is 0.213 e. The predicted molar refractivity (Wildman–Crippen MR) is 67.8 cm³/mol. The molecule has 1 aliphatic heterocycles. The molecule has 2 aromatic rings. The summed E-state index contributed by atoms with van der Waals surface area (Å²) in [6.07, 6.45) is 2.64. The van der Waals surface area contributed by atoms with E-state index in [9.17, 15) is 0 Å². The lowest BCUT2D eigenvalue weighted by atomic mass is 9.96. The molecular weight excluding hydrogens is 230 g/mol. The maximum atomic E-state index is 5.72. The summed E-state index contributed by atoms with van der Waals surface area (Å²) in [6.45, 7) is 1.27. The molecule has 2 N–H and O–H groups in total. The highest BCUT2D eigenvalue weighted by Gasteiger charge is 2.22. The van der Waals surface area contributed by atoms with Crippen LogP contribution in [0.3, 0.4) is 0 Å². The molecule has 0 aliphatic carbocycles. The van der Waals surface area contributed by atoms with Gasteiger partial charge in [-0.25, -0.2) is 4.98 Å². The first-order valence-electron chi connectivity index (χ1n) is 5.97. The Balaban J connectivity index is 2.16. The van der Waals surface area contributed by atoms with Gasteiger partial charge in [-0.05, 0) is 19.0 Å². The number of ether oxygens (including phenoxy) is 2. The Hall–Kier alpha value is -1.88. The lowest BCUT2D eigenvalue weighted by molar-refractivity contribution is 0.226. The van der Waals surface area contributed by atoms with Crippen LogP contribution in [-0.4, -0.2) is 30.2 Å². The number of fused-ring (bicyclic) bond motifs is 3. The van der Waals surface area contributed by atoms with Gasteiger partial charge in [-0.2, -0.15) is 0 Å². The average Bonchev–Trinajstić information content (AvgIpc) is 2.45. The zero-order valence-corrected chi connectivity index (χ0v) is 10.2. The van der Waals surface area contributed by atoms with E-state index >= 15 is 0 Å². The predicted octanol–water partition coefficient (Wildman–Crippen LogP) is 1.15. The van der Waals surface area contributed by atoms with Gasteiger partial charge in [0, 0.05) is 17.5 Å². The molecule has 5 nitrogen and oxygen atoms in total. The van der Waals surface area contributed by atoms with Crippen molar-refractivity contribution >= 4 is 11.0 Å². The van der Waals surface area contributed by atoms with Crippen molar-refractivity contribution in [1.82, 2.24) is 9.97 Å². The van der Waals surface area contributed by atoms with Gasteiger partial charge in [0.15, 0.2) is 0 Å². The van der Waals surface area contributed by atoms with Crippen molar-refractivity contribution in [1.29, 1.82) is 0 Å². The van der Waals surface area contributed by atoms with Crippen molar-refractivity contribution in [3.8, 4) is 11.6 Å². The van der Waals surface area contributed by atoms with Crippen molar-refractivity contribution in [2.45, 2.75) is 6.42 Å². The highest BCUT2D eigenvalue weighted by Crippen LogP contribution is 2.32. The molecule has 94 valence electrons. The fourth-order valence-electron chi connectivity index (χ4n) is 2.22. The van der Waals surface area contributed by atoms with Crippen LogP contribution in [0, 0.1) is 5.92 Å². The second-order valence-corrected chi connectivity index (χ2v) is 4.44. The van der Waals surface area contributed by atoms with E-state index in [2.05, 4.69) is 9.97 Å². The van der Waals surface area contributed by atoms with Gasteiger partial charge in [-0.3, -0.25) is 4.98 Å². The molecule has 2 aromatic heterocycles. The van der Waals surface area contributed by atoms with E-state index in [-0.39, 0.29) is 0 Å². The Bertz CT molecular complexity index is 580. The molecule has 5 heteroatoms. The molecule has 1 unspecified atom stereocenters. The third kappa shape index (κ3) is 1.76. The van der Waals surface area contributed by atoms with Crippen molar-refractivity contribution in [3.05, 3.63) is 23.9 Å². The largest absolute Gasteiger partial charge is 0.491 e. The number of methoxy groups -OCH3 is 1. The molecule has 0 aromatic carbocycles. The van der Waals surface area contributed by atoms with E-state index in [1.165, 1.54) is 0 Å². The van der Waals surface area contributed by atoms with Gasteiger partial charge in [-0.1, -0.05) is 0 Å². The zero-order valence-electron chi connectivity index (χ0n) is 10.2. The van der Waals surface area contributed by atoms with Crippen molar-refractivity contribution in [3.63, 3.8) is 0 Å². The van der Waals surface area contributed by atoms with E-state index in [0.29, 0.717) is 24.9 Å². The van der Waals surface area contributed by atoms with E-state index in [4.69, 9.17) is 15.2 Å². The molecule has 1 aliphatic rings. The summed E-state index contributed by atoms with van der Waals surface area (Å²) in [5.41, 5.74) is 8.51. The monoisotopic (exact) mass is 245 g/mol. The fourth-order valence-corrected chi connectivity index (χ4v) is 2.22. The third-order valence-corrected chi connectivity index (χ3v) is 3.26. The summed E-state index contributed by atoms with van der Waals surface area (Å²) in [4.78, 5) is 8.82. The van der Waals surface area contributed by atoms with Crippen LogP contribution in [0.1, 0.15) is 5.56 Å². The Morgan fingerprint density at radius 1 is 1.50 bits per heavy atom. The standard InChI is InChI=1S/C13H15N3O2/c1-17-12-3-2-10-13(16-12)9-4-8(5-14)7-18-11(9)6-15-10/h2-3,6,8H,4-5,7,14H2,1H3. The van der Waals surface area contributed by atoms with Crippen molar-refractivity contribution in [2.75, 3.05) is 20.3 Å². The van der Waals surface area contributed by atoms with Crippen LogP contribution in [0.15, 0.2) is 18.3 Å². The molecule has 0 spiro atoms. The third-order valence-electron chi connectivity index (χ3n) is 3.26. The van der Waals surface area contributed by atoms with Crippen LogP contribution in [0.4, 0.5) is 0 Å². The first kappa shape index (κ1) is 11.2. The number of hydrogen-bond donors (Lipinski definition) is 1. The Morgan fingerprint density at radius 3 is 3.17 bits per heavy atom. The first-order valence-corrected chi connectivity index (χ1v) is 5.97. The smallest absolute Gasteiger partial charge is 0.213 e. The van der Waals surface area contributed by atoms with Gasteiger partial charge in [0.1, 0.15) is 5.75 Å². The molecule has 0 amide bonds. The highest BCUT2D eigenvalue weighted by atomic mass is 16.5. The lowest BCUT2D eigenvalue weighted by Crippen LogP contribution is -2.28. The Labute approximate surface area is 105 Å². The minimum absolute atomic E-state index is 0.344. The van der Waals surface area contributed by atoms with Crippen LogP contribution in [0.2, 0.25) is 0 Å². The summed E-state index contributed by atoms with van der Waals surface area (Å²) < 4.78 is 10.8. The van der Waals surface area contributed by atoms with E-state index in [0.717, 1.165) is 28.8 Å². The topological polar surface area (TPSA) is 70.3 Å². The summed E-state index contributed by atoms with van der Waals surface area (Å²) in [5, 5.41) is 0. The molecule has 1 atom stereocenters. The molecule has 0 saturated carbocycles. The number of rotatable bonds is 2. The number of nitrogens with zero attached hydrogens (tertiary/aromatic N) is 2. The van der Waals surface area contributed by atoms with Crippen molar-refractivity contribution in [2.24, 2.45) is 11.7 Å². The minimum atomic E-state index is 0.344. The summed E-state index contributed by atoms with van der Waals surface area (Å²) >= 11 is 0. The second kappa shape index (κ2) is 4.42. The molecule has 3 rings (SSSR count). The minimum Gasteiger partial charge on any atom is -0.491 e. The van der Waals surface area contributed by atoms with Crippen LogP contribution in [-0.2, 0) is 6.42 Å². The molecule has 0 radical (unpaired) electrons. The molecule has 3 heterocycles. The van der Waals surface area contributed by atoms with Gasteiger partial charge in [-0.15, -0.1) is 0 Å². The quantitative estimate of drug-likeness (QED) is 0.859. The second-order valence-electron chi connectivity index (χ2n) is 4.44. The number of hydrogen-bond acceptors (Lipinski definition) is 5. The SMILES string of the molecule is COc1ccc2ncc3c(c2n1)CC(CN)CO3. The van der Waals surface area contributed by atoms with Crippen molar-refractivity contribution < 1.29 is 9.47 Å². The van der Waals surface area contributed by atoms with Crippen LogP contribution < -0.4 is 15.2 Å². The van der Waals surface area contributed by atoms with Crippen LogP contribution in [0.5, 0.6) is 11.6 Å². The highest BCUT2D eigenvalue weighted by molar-refractivity contribution is 5.80. The summed E-state index contributed by atoms with van der Waals surface area (Å²) in [7, 11) is 1.61. The summed E-state index contributed by atoms with van der Waals surface area (Å²) in [5.74, 6) is 1.75. The first-order chi connectivity index (χ1) is 8.81. The Kier molecular flexibility index (Phi) is 2.76. The van der Waals surface area contributed by atoms with Gasteiger partial charge in [0.05, 0.1) is 30.9 Å². The number of pyridine rings is 2. The fraction of sp³-hybridized carbons (Fsp3) is 0.385. The molecule has 0 saturated heterocycles. The number of nitrogens with two attached hydrogens (primary N) is 1. The Morgan fingerprint density at radius 2 is 2.39 bits per heavy atom. The molecule has 0 fully saturated rings. The van der Waals surface area contributed by atoms with Crippen LogP contribution >= 0.6 is 0 Å². The molecule has 18 heavy (non-hydrogen) atoms. The van der Waals surface area contributed by atoms with Gasteiger partial charge < -0.3 is 15.2 Å². The lowest BCUT2D eigenvalue weighted by Gasteiger charge is -2.24. The van der Waals surface area contributed by atoms with Crippen LogP contribution in [0.25, 0.3) is 11.0 Å². The summed E-state index contributed by atoms with van der Waals surface area (Å²) in [6, 6.07) is 3.72. The normalized spacial score (nSPS) is 18.2. The van der Waals surface area contributed by atoms with E-state index < -0.39 is 0 Å². The number of aromatic nitrogens is 2.